The van der Waals surface area contributed by atoms with Gasteiger partial charge in [-0.1, -0.05) is 0 Å². The predicted molar refractivity (Wildman–Crippen MR) is 61.7 cm³/mol. The van der Waals surface area contributed by atoms with Crippen molar-refractivity contribution in [2.75, 3.05) is 19.3 Å². The molecule has 0 aromatic rings. The zero-order valence-corrected chi connectivity index (χ0v) is 10.6. The van der Waals surface area contributed by atoms with Gasteiger partial charge in [0.1, 0.15) is 0 Å². The van der Waals surface area contributed by atoms with E-state index in [-0.39, 0.29) is 19.0 Å². The van der Waals surface area contributed by atoms with Crippen LogP contribution in [0.5, 0.6) is 0 Å². The SMILES string of the molecule is CS(=O)(=O)N[C@@H]1CN(C(=O)CC2CC2)C[C@H]1O. The number of β-amino-alcohol motifs (C(OH)–C–C–N with tert-alkyl or cyclic N) is 1. The highest BCUT2D eigenvalue weighted by molar-refractivity contribution is 7.88. The van der Waals surface area contributed by atoms with Crippen LogP contribution in [0.1, 0.15) is 19.3 Å². The molecule has 0 bridgehead atoms. The maximum atomic E-state index is 11.8. The molecule has 2 N–H and O–H groups in total. The molecule has 0 unspecified atom stereocenters. The highest BCUT2D eigenvalue weighted by atomic mass is 32.2. The zero-order valence-electron chi connectivity index (χ0n) is 9.80. The number of aliphatic hydroxyl groups is 1. The molecule has 7 heteroatoms. The lowest BCUT2D eigenvalue weighted by atomic mass is 10.2. The molecule has 98 valence electrons. The number of hydrogen-bond donors (Lipinski definition) is 2. The van der Waals surface area contributed by atoms with E-state index in [9.17, 15) is 18.3 Å². The second kappa shape index (κ2) is 4.55. The molecule has 0 aromatic carbocycles. The fourth-order valence-corrected chi connectivity index (χ4v) is 2.86. The Kier molecular flexibility index (Phi) is 3.42. The molecular formula is C10H18N2O4S. The van der Waals surface area contributed by atoms with Crippen LogP contribution >= 0.6 is 0 Å². The monoisotopic (exact) mass is 262 g/mol. The van der Waals surface area contributed by atoms with Crippen LogP contribution in [0.4, 0.5) is 0 Å². The molecule has 0 aromatic heterocycles. The van der Waals surface area contributed by atoms with Gasteiger partial charge < -0.3 is 10.0 Å². The Balaban J connectivity index is 1.89. The van der Waals surface area contributed by atoms with Crippen molar-refractivity contribution in [2.24, 2.45) is 5.92 Å². The van der Waals surface area contributed by atoms with Crippen molar-refractivity contribution in [3.8, 4) is 0 Å². The number of hydrogen-bond acceptors (Lipinski definition) is 4. The normalized spacial score (nSPS) is 29.6. The molecule has 1 amide bonds. The summed E-state index contributed by atoms with van der Waals surface area (Å²) in [5.41, 5.74) is 0. The highest BCUT2D eigenvalue weighted by Gasteiger charge is 2.37. The van der Waals surface area contributed by atoms with Crippen molar-refractivity contribution in [3.05, 3.63) is 0 Å². The summed E-state index contributed by atoms with van der Waals surface area (Å²) >= 11 is 0. The van der Waals surface area contributed by atoms with Crippen LogP contribution < -0.4 is 4.72 Å². The van der Waals surface area contributed by atoms with E-state index in [2.05, 4.69) is 4.72 Å². The molecule has 1 heterocycles. The second-order valence-corrected chi connectivity index (χ2v) is 6.79. The number of carbonyl (C=O) groups is 1. The minimum atomic E-state index is -3.35. The summed E-state index contributed by atoms with van der Waals surface area (Å²) in [6, 6.07) is -0.576. The summed E-state index contributed by atoms with van der Waals surface area (Å²) in [7, 11) is -3.35. The molecule has 2 rings (SSSR count). The van der Waals surface area contributed by atoms with Crippen molar-refractivity contribution < 1.29 is 18.3 Å². The Morgan fingerprint density at radius 2 is 2.06 bits per heavy atom. The van der Waals surface area contributed by atoms with Gasteiger partial charge in [-0.3, -0.25) is 4.79 Å². The minimum Gasteiger partial charge on any atom is -0.390 e. The van der Waals surface area contributed by atoms with E-state index >= 15 is 0 Å². The van der Waals surface area contributed by atoms with Crippen LogP contribution in [0.2, 0.25) is 0 Å². The van der Waals surface area contributed by atoms with E-state index in [1.54, 1.807) is 4.90 Å². The quantitative estimate of drug-likeness (QED) is 0.674. The molecule has 1 saturated heterocycles. The van der Waals surface area contributed by atoms with E-state index in [1.807, 2.05) is 0 Å². The van der Waals surface area contributed by atoms with Crippen LogP contribution in [0.15, 0.2) is 0 Å². The third kappa shape index (κ3) is 3.65. The van der Waals surface area contributed by atoms with Gasteiger partial charge in [-0.05, 0) is 18.8 Å². The van der Waals surface area contributed by atoms with Crippen molar-refractivity contribution in [1.29, 1.82) is 0 Å². The molecule has 1 aliphatic heterocycles. The van der Waals surface area contributed by atoms with Gasteiger partial charge in [0, 0.05) is 19.5 Å². The van der Waals surface area contributed by atoms with Crippen LogP contribution in [-0.2, 0) is 14.8 Å². The summed E-state index contributed by atoms with van der Waals surface area (Å²) < 4.78 is 24.5. The average molecular weight is 262 g/mol. The molecule has 2 fully saturated rings. The lowest BCUT2D eigenvalue weighted by Crippen LogP contribution is -2.42. The molecule has 17 heavy (non-hydrogen) atoms. The summed E-state index contributed by atoms with van der Waals surface area (Å²) in [5.74, 6) is 0.519. The van der Waals surface area contributed by atoms with E-state index in [0.29, 0.717) is 12.3 Å². The first-order valence-electron chi connectivity index (χ1n) is 5.78. The zero-order chi connectivity index (χ0) is 12.6. The smallest absolute Gasteiger partial charge is 0.222 e. The molecular weight excluding hydrogens is 244 g/mol. The van der Waals surface area contributed by atoms with Crippen molar-refractivity contribution in [2.45, 2.75) is 31.4 Å². The number of amides is 1. The number of nitrogens with zero attached hydrogens (tertiary/aromatic N) is 1. The van der Waals surface area contributed by atoms with Gasteiger partial charge in [0.25, 0.3) is 0 Å². The molecule has 0 radical (unpaired) electrons. The highest BCUT2D eigenvalue weighted by Crippen LogP contribution is 2.33. The van der Waals surface area contributed by atoms with E-state index in [4.69, 9.17) is 0 Å². The Labute approximate surface area is 101 Å². The van der Waals surface area contributed by atoms with E-state index in [1.165, 1.54) is 0 Å². The summed E-state index contributed by atoms with van der Waals surface area (Å²) in [4.78, 5) is 13.3. The Morgan fingerprint density at radius 3 is 2.59 bits per heavy atom. The van der Waals surface area contributed by atoms with Gasteiger partial charge in [0.15, 0.2) is 0 Å². The Hall–Kier alpha value is -0.660. The topological polar surface area (TPSA) is 86.7 Å². The third-order valence-electron chi connectivity index (χ3n) is 3.17. The number of rotatable bonds is 4. The standard InChI is InChI=1S/C10H18N2O4S/c1-17(15,16)11-8-5-12(6-9(8)13)10(14)4-7-2-3-7/h7-9,11,13H,2-6H2,1H3/t8-,9-/m1/s1. The number of aliphatic hydroxyl groups excluding tert-OH is 1. The van der Waals surface area contributed by atoms with Crippen LogP contribution in [0.25, 0.3) is 0 Å². The molecule has 2 atom stereocenters. The average Bonchev–Trinajstić information content (AvgIpc) is 2.90. The molecule has 0 spiro atoms. The number of sulfonamides is 1. The van der Waals surface area contributed by atoms with Crippen LogP contribution in [0.3, 0.4) is 0 Å². The minimum absolute atomic E-state index is 0.0179. The summed E-state index contributed by atoms with van der Waals surface area (Å²) in [5, 5.41) is 9.70. The maximum absolute atomic E-state index is 11.8. The Bertz CT molecular complexity index is 405. The van der Waals surface area contributed by atoms with Crippen molar-refractivity contribution >= 4 is 15.9 Å². The van der Waals surface area contributed by atoms with Crippen molar-refractivity contribution in [3.63, 3.8) is 0 Å². The van der Waals surface area contributed by atoms with E-state index in [0.717, 1.165) is 19.1 Å². The summed E-state index contributed by atoms with van der Waals surface area (Å²) in [6.07, 6.45) is 2.97. The van der Waals surface area contributed by atoms with Gasteiger partial charge in [-0.15, -0.1) is 0 Å². The first kappa shape index (κ1) is 12.8. The molecule has 1 aliphatic carbocycles. The van der Waals surface area contributed by atoms with Gasteiger partial charge in [0.05, 0.1) is 18.4 Å². The van der Waals surface area contributed by atoms with Gasteiger partial charge >= 0.3 is 0 Å². The predicted octanol–water partition coefficient (Wildman–Crippen LogP) is -1.09. The third-order valence-corrected chi connectivity index (χ3v) is 3.90. The second-order valence-electron chi connectivity index (χ2n) is 5.01. The number of nitrogens with one attached hydrogen (secondary N) is 1. The fraction of sp³-hybridized carbons (Fsp3) is 0.900. The van der Waals surface area contributed by atoms with Gasteiger partial charge in [-0.2, -0.15) is 0 Å². The Morgan fingerprint density at radius 1 is 1.41 bits per heavy atom. The first-order valence-corrected chi connectivity index (χ1v) is 7.67. The lowest BCUT2D eigenvalue weighted by molar-refractivity contribution is -0.130. The number of likely N-dealkylation sites (tertiary alicyclic amines) is 1. The van der Waals surface area contributed by atoms with Gasteiger partial charge in [0.2, 0.25) is 15.9 Å². The van der Waals surface area contributed by atoms with Crippen LogP contribution in [0, 0.1) is 5.92 Å². The van der Waals surface area contributed by atoms with Gasteiger partial charge in [-0.25, -0.2) is 13.1 Å². The molecule has 6 nitrogen and oxygen atoms in total. The number of carbonyl (C=O) groups excluding carboxylic acids is 1. The largest absolute Gasteiger partial charge is 0.390 e. The van der Waals surface area contributed by atoms with Crippen molar-refractivity contribution in [1.82, 2.24) is 9.62 Å². The summed E-state index contributed by atoms with van der Waals surface area (Å²) in [6.45, 7) is 0.485. The lowest BCUT2D eigenvalue weighted by Gasteiger charge is -2.16. The fourth-order valence-electron chi connectivity index (χ4n) is 2.08. The molecule has 1 saturated carbocycles. The van der Waals surface area contributed by atoms with E-state index < -0.39 is 22.2 Å². The molecule has 2 aliphatic rings. The maximum Gasteiger partial charge on any atom is 0.222 e. The van der Waals surface area contributed by atoms with Crippen LogP contribution in [-0.4, -0.2) is 55.8 Å². The first-order chi connectivity index (χ1) is 7.85.